The van der Waals surface area contributed by atoms with Crippen molar-refractivity contribution in [3.63, 3.8) is 0 Å². The number of carbonyl (C=O) groups excluding carboxylic acids is 9. The number of ether oxygens (including phenoxy) is 6. The molecule has 0 spiro atoms. The lowest BCUT2D eigenvalue weighted by Gasteiger charge is -2.30. The molecule has 3 aliphatic carbocycles. The summed E-state index contributed by atoms with van der Waals surface area (Å²) in [6.07, 6.45) is 2.94. The summed E-state index contributed by atoms with van der Waals surface area (Å²) in [7, 11) is 0. The molecule has 0 saturated heterocycles. The van der Waals surface area contributed by atoms with Gasteiger partial charge in [0.1, 0.15) is 37.4 Å². The third kappa shape index (κ3) is 19.4. The smallest absolute Gasteiger partial charge is 0.407 e. The van der Waals surface area contributed by atoms with Crippen molar-refractivity contribution in [3.8, 4) is 11.1 Å². The van der Waals surface area contributed by atoms with Crippen LogP contribution in [-0.2, 0) is 73.4 Å². The van der Waals surface area contributed by atoms with E-state index in [-0.39, 0.29) is 43.8 Å². The van der Waals surface area contributed by atoms with Crippen LogP contribution >= 0.6 is 0 Å². The van der Waals surface area contributed by atoms with Crippen LogP contribution in [0.2, 0.25) is 0 Å². The number of benzene rings is 3. The number of carbonyl (C=O) groups is 9. The standard InChI is InChI=1S/C66H90N4O15/c1-38(2)54(68-60(73)53(35-45-26-16-12-17-27-45)85-65(78)57(41(7)8)70-66(79)81-37-51-49-32-22-20-30-47(49)48-31-21-23-33-50(48)51)62(75)82-42(9)58(71)67-56(40(5)6)64(77)84-52(34-44-24-14-11-15-25-44)59(72)69-55(39(3)4)63(76)83-43(10)61(74)80-36-46-28-18-13-19-29-46/h13,18-23,28-33,38-45,51-57H,11-12,14-17,24-27,34-37H2,1-10H3,(H,67,71)(H,68,73)(H,69,72)(H,70,79)/t42-,43-,52+,53+,54+,55+,56-,57-/m0/s1. The maximum atomic E-state index is 14.4. The molecule has 3 aliphatic rings. The second-order valence-electron chi connectivity index (χ2n) is 24.5. The molecule has 6 rings (SSSR count). The van der Waals surface area contributed by atoms with Crippen molar-refractivity contribution in [2.24, 2.45) is 35.5 Å². The highest BCUT2D eigenvalue weighted by molar-refractivity contribution is 5.93. The van der Waals surface area contributed by atoms with E-state index in [1.807, 2.05) is 54.6 Å². The topological polar surface area (TPSA) is 257 Å². The van der Waals surface area contributed by atoms with E-state index in [0.717, 1.165) is 92.0 Å². The Hall–Kier alpha value is -7.31. The van der Waals surface area contributed by atoms with Crippen LogP contribution in [0, 0.1) is 35.5 Å². The number of alkyl carbamates (subject to hydrolysis) is 1. The molecular formula is C66H90N4O15. The Balaban J connectivity index is 1.07. The zero-order chi connectivity index (χ0) is 61.9. The van der Waals surface area contributed by atoms with Gasteiger partial charge in [0.05, 0.1) is 0 Å². The number of esters is 5. The number of amides is 4. The van der Waals surface area contributed by atoms with E-state index in [1.165, 1.54) is 13.8 Å². The monoisotopic (exact) mass is 1180 g/mol. The molecule has 19 nitrogen and oxygen atoms in total. The van der Waals surface area contributed by atoms with Crippen molar-refractivity contribution in [3.05, 3.63) is 95.6 Å². The second kappa shape index (κ2) is 32.3. The molecule has 0 heterocycles. The molecule has 4 N–H and O–H groups in total. The predicted molar refractivity (Wildman–Crippen MR) is 317 cm³/mol. The van der Waals surface area contributed by atoms with Crippen molar-refractivity contribution in [1.29, 1.82) is 0 Å². The summed E-state index contributed by atoms with van der Waals surface area (Å²) in [6, 6.07) is 19.8. The molecule has 0 unspecified atom stereocenters. The first-order valence-electron chi connectivity index (χ1n) is 30.6. The van der Waals surface area contributed by atoms with Crippen LogP contribution in [0.5, 0.6) is 0 Å². The van der Waals surface area contributed by atoms with Crippen LogP contribution in [0.15, 0.2) is 78.9 Å². The van der Waals surface area contributed by atoms with Crippen molar-refractivity contribution in [1.82, 2.24) is 21.3 Å². The number of rotatable bonds is 28. The molecule has 19 heteroatoms. The van der Waals surface area contributed by atoms with Crippen molar-refractivity contribution in [2.75, 3.05) is 6.61 Å². The van der Waals surface area contributed by atoms with E-state index in [9.17, 15) is 43.2 Å². The van der Waals surface area contributed by atoms with E-state index in [4.69, 9.17) is 28.4 Å². The van der Waals surface area contributed by atoms with Gasteiger partial charge in [0.2, 0.25) is 0 Å². The Morgan fingerprint density at radius 3 is 1.22 bits per heavy atom. The summed E-state index contributed by atoms with van der Waals surface area (Å²) in [4.78, 5) is 125. The minimum absolute atomic E-state index is 0.0205. The van der Waals surface area contributed by atoms with Crippen LogP contribution < -0.4 is 21.3 Å². The van der Waals surface area contributed by atoms with Crippen molar-refractivity contribution >= 4 is 53.7 Å². The molecule has 0 radical (unpaired) electrons. The van der Waals surface area contributed by atoms with Gasteiger partial charge >= 0.3 is 35.9 Å². The van der Waals surface area contributed by atoms with E-state index < -0.39 is 126 Å². The predicted octanol–water partition coefficient (Wildman–Crippen LogP) is 9.34. The lowest BCUT2D eigenvalue weighted by atomic mass is 9.85. The highest BCUT2D eigenvalue weighted by atomic mass is 16.6. The molecule has 2 fully saturated rings. The van der Waals surface area contributed by atoms with Crippen molar-refractivity contribution in [2.45, 2.75) is 207 Å². The van der Waals surface area contributed by atoms with Gasteiger partial charge in [-0.2, -0.15) is 0 Å². The van der Waals surface area contributed by atoms with E-state index in [2.05, 4.69) is 21.3 Å². The van der Waals surface area contributed by atoms with Crippen LogP contribution in [0.1, 0.15) is 169 Å². The van der Waals surface area contributed by atoms with Crippen LogP contribution in [0.4, 0.5) is 4.79 Å². The molecule has 464 valence electrons. The lowest BCUT2D eigenvalue weighted by molar-refractivity contribution is -0.170. The molecular weight excluding hydrogens is 1090 g/mol. The first-order chi connectivity index (χ1) is 40.5. The zero-order valence-corrected chi connectivity index (χ0v) is 51.2. The zero-order valence-electron chi connectivity index (χ0n) is 51.2. The highest BCUT2D eigenvalue weighted by Gasteiger charge is 2.40. The number of hydrogen-bond donors (Lipinski definition) is 4. The van der Waals surface area contributed by atoms with Crippen LogP contribution in [0.3, 0.4) is 0 Å². The quantitative estimate of drug-likeness (QED) is 0.0390. The number of fused-ring (bicyclic) bond motifs is 3. The minimum atomic E-state index is -1.50. The molecule has 3 aromatic carbocycles. The maximum Gasteiger partial charge on any atom is 0.407 e. The third-order valence-corrected chi connectivity index (χ3v) is 16.3. The van der Waals surface area contributed by atoms with Crippen LogP contribution in [-0.4, -0.2) is 109 Å². The first kappa shape index (κ1) is 66.8. The van der Waals surface area contributed by atoms with Gasteiger partial charge in [-0.05, 0) is 90.0 Å². The van der Waals surface area contributed by atoms with E-state index in [0.29, 0.717) is 0 Å². The first-order valence-corrected chi connectivity index (χ1v) is 30.6. The normalized spacial score (nSPS) is 17.3. The van der Waals surface area contributed by atoms with Gasteiger partial charge in [0.25, 0.3) is 17.7 Å². The molecule has 0 aliphatic heterocycles. The molecule has 4 amide bonds. The second-order valence-corrected chi connectivity index (χ2v) is 24.5. The average Bonchev–Trinajstić information content (AvgIpc) is 3.83. The Morgan fingerprint density at radius 1 is 0.412 bits per heavy atom. The summed E-state index contributed by atoms with van der Waals surface area (Å²) in [5.74, 6) is -9.09. The summed E-state index contributed by atoms with van der Waals surface area (Å²) >= 11 is 0. The fourth-order valence-corrected chi connectivity index (χ4v) is 11.3. The van der Waals surface area contributed by atoms with Gasteiger partial charge in [-0.25, -0.2) is 28.8 Å². The Labute approximate surface area is 500 Å². The van der Waals surface area contributed by atoms with Gasteiger partial charge in [-0.1, -0.05) is 198 Å². The molecule has 2 saturated carbocycles. The fourth-order valence-electron chi connectivity index (χ4n) is 11.3. The summed E-state index contributed by atoms with van der Waals surface area (Å²) in [6.45, 7) is 16.2. The Morgan fingerprint density at radius 2 is 0.788 bits per heavy atom. The molecule has 0 bridgehead atoms. The summed E-state index contributed by atoms with van der Waals surface area (Å²) in [5, 5.41) is 10.7. The molecule has 3 aromatic rings. The number of hydrogen-bond acceptors (Lipinski definition) is 15. The van der Waals surface area contributed by atoms with Gasteiger partial charge in [0.15, 0.2) is 24.4 Å². The average molecular weight is 1180 g/mol. The van der Waals surface area contributed by atoms with Gasteiger partial charge in [-0.15, -0.1) is 0 Å². The third-order valence-electron chi connectivity index (χ3n) is 16.3. The Bertz CT molecular complexity index is 2710. The largest absolute Gasteiger partial charge is 0.458 e. The van der Waals surface area contributed by atoms with E-state index in [1.54, 1.807) is 79.7 Å². The maximum absolute atomic E-state index is 14.4. The molecule has 8 atom stereocenters. The SMILES string of the molecule is CC(C)[C@H](NC(=O)OCC1c2ccccc2-c2ccccc21)C(=O)O[C@H](CC1CCCCC1)C(=O)N[C@@H](C(=O)O[C@@H](C)C(=O)N[C@H](C(=O)O[C@H](CC1CCCCC1)C(=O)N[C@@H](C(=O)O[C@@H](C)C(=O)OCc1ccccc1)C(C)C)C(C)C)C(C)C. The summed E-state index contributed by atoms with van der Waals surface area (Å²) in [5.41, 5.74) is 4.93. The highest BCUT2D eigenvalue weighted by Crippen LogP contribution is 2.44. The lowest BCUT2D eigenvalue weighted by Crippen LogP contribution is -2.54. The van der Waals surface area contributed by atoms with Crippen molar-refractivity contribution < 1.29 is 71.6 Å². The minimum Gasteiger partial charge on any atom is -0.458 e. The Kier molecular flexibility index (Phi) is 25.4. The van der Waals surface area contributed by atoms with E-state index >= 15 is 0 Å². The summed E-state index contributed by atoms with van der Waals surface area (Å²) < 4.78 is 34.2. The number of nitrogens with one attached hydrogen (secondary N) is 4. The fraction of sp³-hybridized carbons (Fsp3) is 0.591. The van der Waals surface area contributed by atoms with Gasteiger partial charge in [0, 0.05) is 5.92 Å². The van der Waals surface area contributed by atoms with Crippen LogP contribution in [0.25, 0.3) is 11.1 Å². The molecule has 85 heavy (non-hydrogen) atoms. The van der Waals surface area contributed by atoms with Gasteiger partial charge < -0.3 is 49.7 Å². The van der Waals surface area contributed by atoms with Gasteiger partial charge in [-0.3, -0.25) is 14.4 Å². The molecule has 0 aromatic heterocycles.